The Balaban J connectivity index is 2.07. The van der Waals surface area contributed by atoms with Crippen LogP contribution in [-0.2, 0) is 14.3 Å². The van der Waals surface area contributed by atoms with E-state index in [0.717, 1.165) is 16.3 Å². The molecule has 3 rings (SSSR count). The number of fused-ring (bicyclic) bond motifs is 3. The molecule has 7 nitrogen and oxygen atoms in total. The van der Waals surface area contributed by atoms with Crippen molar-refractivity contribution in [2.75, 3.05) is 13.7 Å². The van der Waals surface area contributed by atoms with E-state index < -0.39 is 23.5 Å². The Morgan fingerprint density at radius 3 is 2.59 bits per heavy atom. The number of esters is 2. The van der Waals surface area contributed by atoms with Crippen LogP contribution in [0.1, 0.15) is 43.1 Å². The van der Waals surface area contributed by atoms with Gasteiger partial charge in [0.1, 0.15) is 18.4 Å². The van der Waals surface area contributed by atoms with Crippen molar-refractivity contribution in [3.63, 3.8) is 0 Å². The molecule has 0 amide bonds. The van der Waals surface area contributed by atoms with Crippen LogP contribution in [-0.4, -0.2) is 40.7 Å². The van der Waals surface area contributed by atoms with Gasteiger partial charge in [-0.1, -0.05) is 18.2 Å². The first-order valence-electron chi connectivity index (χ1n) is 8.57. The number of carbonyl (C=O) groups excluding carboxylic acids is 2. The summed E-state index contributed by atoms with van der Waals surface area (Å²) in [4.78, 5) is 31.5. The van der Waals surface area contributed by atoms with Crippen LogP contribution in [0.5, 0.6) is 0 Å². The number of nitrogens with one attached hydrogen (secondary N) is 1. The SMILES string of the molecule is COC(=O)c1cc2c([nH]c3ccccc32)c([C@H](O)COC(=O)C(C)(C)C)n1. The van der Waals surface area contributed by atoms with Gasteiger partial charge in [0.05, 0.1) is 23.7 Å². The Labute approximate surface area is 156 Å². The van der Waals surface area contributed by atoms with Crippen LogP contribution >= 0.6 is 0 Å². The van der Waals surface area contributed by atoms with E-state index in [0.29, 0.717) is 5.52 Å². The lowest BCUT2D eigenvalue weighted by atomic mass is 9.97. The van der Waals surface area contributed by atoms with Gasteiger partial charge in [-0.25, -0.2) is 9.78 Å². The van der Waals surface area contributed by atoms with Gasteiger partial charge in [-0.2, -0.15) is 0 Å². The van der Waals surface area contributed by atoms with Gasteiger partial charge in [0.2, 0.25) is 0 Å². The zero-order valence-electron chi connectivity index (χ0n) is 15.7. The summed E-state index contributed by atoms with van der Waals surface area (Å²) in [7, 11) is 1.27. The normalized spacial score (nSPS) is 12.9. The highest BCUT2D eigenvalue weighted by atomic mass is 16.5. The second kappa shape index (κ2) is 7.00. The molecule has 0 bridgehead atoms. The minimum absolute atomic E-state index is 0.0750. The molecule has 0 aliphatic carbocycles. The molecule has 0 aliphatic heterocycles. The lowest BCUT2D eigenvalue weighted by molar-refractivity contribution is -0.156. The van der Waals surface area contributed by atoms with Crippen molar-refractivity contribution in [2.45, 2.75) is 26.9 Å². The maximum Gasteiger partial charge on any atom is 0.356 e. The van der Waals surface area contributed by atoms with E-state index in [4.69, 9.17) is 9.47 Å². The van der Waals surface area contributed by atoms with Crippen molar-refractivity contribution >= 4 is 33.7 Å². The zero-order valence-corrected chi connectivity index (χ0v) is 15.7. The van der Waals surface area contributed by atoms with E-state index in [-0.39, 0.29) is 18.0 Å². The van der Waals surface area contributed by atoms with Gasteiger partial charge in [-0.05, 0) is 32.9 Å². The molecule has 3 aromatic rings. The number of hydrogen-bond acceptors (Lipinski definition) is 6. The minimum atomic E-state index is -1.20. The van der Waals surface area contributed by atoms with Crippen molar-refractivity contribution in [2.24, 2.45) is 5.41 Å². The second-order valence-corrected chi connectivity index (χ2v) is 7.34. The molecular formula is C20H22N2O5. The maximum atomic E-state index is 12.0. The van der Waals surface area contributed by atoms with Crippen molar-refractivity contribution in [3.8, 4) is 0 Å². The Morgan fingerprint density at radius 2 is 1.93 bits per heavy atom. The Bertz CT molecular complexity index is 1020. The molecule has 27 heavy (non-hydrogen) atoms. The summed E-state index contributed by atoms with van der Waals surface area (Å²) in [5.41, 5.74) is 1.05. The monoisotopic (exact) mass is 370 g/mol. The molecule has 2 aromatic heterocycles. The van der Waals surface area contributed by atoms with E-state index >= 15 is 0 Å². The number of nitrogens with zero attached hydrogens (tertiary/aromatic N) is 1. The standard InChI is InChI=1S/C20H22N2O5/c1-20(2,3)19(25)27-10-15(23)17-16-12(9-14(22-17)18(24)26-4)11-7-5-6-8-13(11)21-16/h5-9,15,21,23H,10H2,1-4H3/t15-/m1/s1. The number of aromatic amines is 1. The average molecular weight is 370 g/mol. The fourth-order valence-electron chi connectivity index (χ4n) is 2.77. The van der Waals surface area contributed by atoms with Gasteiger partial charge in [0.15, 0.2) is 0 Å². The van der Waals surface area contributed by atoms with E-state index in [1.807, 2.05) is 24.3 Å². The number of aliphatic hydroxyl groups is 1. The number of carbonyl (C=O) groups is 2. The third-order valence-corrected chi connectivity index (χ3v) is 4.22. The van der Waals surface area contributed by atoms with Crippen LogP contribution in [0, 0.1) is 5.41 Å². The van der Waals surface area contributed by atoms with Crippen LogP contribution in [0.4, 0.5) is 0 Å². The zero-order chi connectivity index (χ0) is 19.8. The fourth-order valence-corrected chi connectivity index (χ4v) is 2.77. The number of aromatic nitrogens is 2. The number of methoxy groups -OCH3 is 1. The maximum absolute atomic E-state index is 12.0. The number of ether oxygens (including phenoxy) is 2. The molecule has 142 valence electrons. The molecule has 0 saturated carbocycles. The summed E-state index contributed by atoms with van der Waals surface area (Å²) < 4.78 is 9.99. The Hall–Kier alpha value is -2.93. The van der Waals surface area contributed by atoms with E-state index in [1.54, 1.807) is 26.8 Å². The van der Waals surface area contributed by atoms with Crippen molar-refractivity contribution < 1.29 is 24.2 Å². The fraction of sp³-hybridized carbons (Fsp3) is 0.350. The second-order valence-electron chi connectivity index (χ2n) is 7.34. The molecule has 2 N–H and O–H groups in total. The van der Waals surface area contributed by atoms with Gasteiger partial charge in [0.25, 0.3) is 0 Å². The van der Waals surface area contributed by atoms with Crippen LogP contribution in [0.2, 0.25) is 0 Å². The van der Waals surface area contributed by atoms with Crippen LogP contribution in [0.15, 0.2) is 30.3 Å². The Morgan fingerprint density at radius 1 is 1.22 bits per heavy atom. The lowest BCUT2D eigenvalue weighted by Gasteiger charge is -2.19. The first kappa shape index (κ1) is 18.8. The van der Waals surface area contributed by atoms with Crippen LogP contribution in [0.3, 0.4) is 0 Å². The highest BCUT2D eigenvalue weighted by Gasteiger charge is 2.26. The molecule has 0 unspecified atom stereocenters. The van der Waals surface area contributed by atoms with Gasteiger partial charge < -0.3 is 19.6 Å². The molecule has 1 aromatic carbocycles. The van der Waals surface area contributed by atoms with E-state index in [1.165, 1.54) is 7.11 Å². The van der Waals surface area contributed by atoms with Gasteiger partial charge in [-0.3, -0.25) is 4.79 Å². The molecule has 0 fully saturated rings. The van der Waals surface area contributed by atoms with Crippen LogP contribution < -0.4 is 0 Å². The first-order chi connectivity index (χ1) is 12.7. The summed E-state index contributed by atoms with van der Waals surface area (Å²) >= 11 is 0. The predicted octanol–water partition coefficient (Wildman–Crippen LogP) is 3.13. The summed E-state index contributed by atoms with van der Waals surface area (Å²) in [6.45, 7) is 4.92. The van der Waals surface area contributed by atoms with Crippen molar-refractivity contribution in [1.82, 2.24) is 9.97 Å². The summed E-state index contributed by atoms with van der Waals surface area (Å²) in [6.07, 6.45) is -1.20. The molecular weight excluding hydrogens is 348 g/mol. The summed E-state index contributed by atoms with van der Waals surface area (Å²) in [6, 6.07) is 9.19. The van der Waals surface area contributed by atoms with Gasteiger partial charge in [-0.15, -0.1) is 0 Å². The van der Waals surface area contributed by atoms with Crippen LogP contribution in [0.25, 0.3) is 21.8 Å². The smallest absolute Gasteiger partial charge is 0.356 e. The largest absolute Gasteiger partial charge is 0.464 e. The number of rotatable bonds is 4. The third kappa shape index (κ3) is 3.64. The molecule has 0 aliphatic rings. The predicted molar refractivity (Wildman–Crippen MR) is 100 cm³/mol. The van der Waals surface area contributed by atoms with Gasteiger partial charge >= 0.3 is 11.9 Å². The molecule has 2 heterocycles. The number of pyridine rings is 1. The van der Waals surface area contributed by atoms with E-state index in [9.17, 15) is 14.7 Å². The topological polar surface area (TPSA) is 102 Å². The highest BCUT2D eigenvalue weighted by Crippen LogP contribution is 2.31. The average Bonchev–Trinajstić information content (AvgIpc) is 3.02. The quantitative estimate of drug-likeness (QED) is 0.684. The van der Waals surface area contributed by atoms with E-state index in [2.05, 4.69) is 9.97 Å². The molecule has 0 saturated heterocycles. The summed E-state index contributed by atoms with van der Waals surface area (Å²) in [5, 5.41) is 12.2. The molecule has 7 heteroatoms. The number of hydrogen-bond donors (Lipinski definition) is 2. The van der Waals surface area contributed by atoms with Crippen molar-refractivity contribution in [3.05, 3.63) is 41.7 Å². The highest BCUT2D eigenvalue weighted by molar-refractivity contribution is 6.09. The number of H-pyrrole nitrogens is 1. The Kier molecular flexibility index (Phi) is 4.89. The molecule has 0 radical (unpaired) electrons. The first-order valence-corrected chi connectivity index (χ1v) is 8.57. The molecule has 0 spiro atoms. The van der Waals surface area contributed by atoms with Gasteiger partial charge in [0, 0.05) is 16.3 Å². The molecule has 1 atom stereocenters. The summed E-state index contributed by atoms with van der Waals surface area (Å²) in [5.74, 6) is -1.04. The number of benzene rings is 1. The number of para-hydroxylation sites is 1. The number of aliphatic hydroxyl groups excluding tert-OH is 1. The van der Waals surface area contributed by atoms with Crippen molar-refractivity contribution in [1.29, 1.82) is 0 Å². The lowest BCUT2D eigenvalue weighted by Crippen LogP contribution is -2.25. The minimum Gasteiger partial charge on any atom is -0.464 e. The third-order valence-electron chi connectivity index (χ3n) is 4.22.